The summed E-state index contributed by atoms with van der Waals surface area (Å²) in [5.74, 6) is -0.0854. The summed E-state index contributed by atoms with van der Waals surface area (Å²) >= 11 is 5.01. The summed E-state index contributed by atoms with van der Waals surface area (Å²) in [4.78, 5) is 32.1. The molecule has 25 heavy (non-hydrogen) atoms. The molecule has 0 bridgehead atoms. The predicted molar refractivity (Wildman–Crippen MR) is 99.4 cm³/mol. The molecule has 2 N–H and O–H groups in total. The molecule has 1 amide bonds. The molecule has 0 spiro atoms. The van der Waals surface area contributed by atoms with Crippen molar-refractivity contribution in [3.8, 4) is 0 Å². The summed E-state index contributed by atoms with van der Waals surface area (Å²) in [7, 11) is 3.52. The van der Waals surface area contributed by atoms with Gasteiger partial charge in [-0.05, 0) is 43.8 Å². The Morgan fingerprint density at radius 2 is 2.00 bits per heavy atom. The van der Waals surface area contributed by atoms with Crippen molar-refractivity contribution in [2.45, 2.75) is 38.8 Å². The molecule has 1 aromatic carbocycles. The first-order valence-corrected chi connectivity index (χ1v) is 8.60. The first-order valence-electron chi connectivity index (χ1n) is 8.19. The van der Waals surface area contributed by atoms with Gasteiger partial charge < -0.3 is 14.6 Å². The molecule has 2 unspecified atom stereocenters. The summed E-state index contributed by atoms with van der Waals surface area (Å²) in [6.07, 6.45) is 0.786. The molecule has 2 aromatic rings. The summed E-state index contributed by atoms with van der Waals surface area (Å²) in [6, 6.07) is 5.08. The summed E-state index contributed by atoms with van der Waals surface area (Å²) < 4.78 is 5.89. The first-order chi connectivity index (χ1) is 11.6. The van der Waals surface area contributed by atoms with Gasteiger partial charge in [-0.25, -0.2) is 0 Å². The highest BCUT2D eigenvalue weighted by molar-refractivity contribution is 7.71. The van der Waals surface area contributed by atoms with Gasteiger partial charge in [0.1, 0.15) is 0 Å². The van der Waals surface area contributed by atoms with Gasteiger partial charge in [-0.3, -0.25) is 14.6 Å². The minimum Gasteiger partial charge on any atom is -0.378 e. The Morgan fingerprint density at radius 3 is 2.60 bits per heavy atom. The second-order valence-corrected chi connectivity index (χ2v) is 7.87. The number of nitrogens with zero attached hydrogens (tertiary/aromatic N) is 1. The van der Waals surface area contributed by atoms with Gasteiger partial charge in [-0.2, -0.15) is 0 Å². The van der Waals surface area contributed by atoms with E-state index in [1.54, 1.807) is 30.2 Å². The normalized spacial score (nSPS) is 24.8. The fourth-order valence-electron chi connectivity index (χ4n) is 3.72. The highest BCUT2D eigenvalue weighted by Crippen LogP contribution is 2.53. The van der Waals surface area contributed by atoms with Crippen molar-refractivity contribution in [3.05, 3.63) is 38.9 Å². The number of aromatic amines is 2. The van der Waals surface area contributed by atoms with Crippen LogP contribution in [-0.4, -0.2) is 46.6 Å². The summed E-state index contributed by atoms with van der Waals surface area (Å²) in [6.45, 7) is 6.31. The number of hydrogen-bond acceptors (Lipinski definition) is 4. The van der Waals surface area contributed by atoms with Gasteiger partial charge in [0.05, 0.1) is 16.5 Å². The third-order valence-corrected chi connectivity index (χ3v) is 6.21. The van der Waals surface area contributed by atoms with Crippen molar-refractivity contribution in [2.75, 3.05) is 14.2 Å². The number of amides is 1. The molecular formula is C18H23N3O3S. The average Bonchev–Trinajstić information content (AvgIpc) is 2.57. The van der Waals surface area contributed by atoms with E-state index in [2.05, 4.69) is 30.7 Å². The minimum absolute atomic E-state index is 0.0818. The molecule has 1 aliphatic rings. The van der Waals surface area contributed by atoms with E-state index in [1.807, 2.05) is 7.05 Å². The van der Waals surface area contributed by atoms with Crippen LogP contribution in [0.3, 0.4) is 0 Å². The van der Waals surface area contributed by atoms with Crippen LogP contribution in [-0.2, 0) is 4.74 Å². The Hall–Kier alpha value is -1.99. The van der Waals surface area contributed by atoms with Crippen LogP contribution >= 0.6 is 12.2 Å². The Bertz CT molecular complexity index is 962. The zero-order valence-corrected chi connectivity index (χ0v) is 15.9. The number of carbonyl (C=O) groups excluding carboxylic acids is 1. The van der Waals surface area contributed by atoms with Gasteiger partial charge in [0.25, 0.3) is 11.5 Å². The number of fused-ring (bicyclic) bond motifs is 1. The number of benzene rings is 1. The molecule has 1 saturated carbocycles. The third kappa shape index (κ3) is 2.62. The lowest BCUT2D eigenvalue weighted by Crippen LogP contribution is -2.68. The van der Waals surface area contributed by atoms with Crippen molar-refractivity contribution in [1.82, 2.24) is 14.9 Å². The molecule has 2 atom stereocenters. The van der Waals surface area contributed by atoms with Crippen LogP contribution in [0.15, 0.2) is 23.0 Å². The highest BCUT2D eigenvalue weighted by Gasteiger charge is 2.59. The molecule has 1 fully saturated rings. The lowest BCUT2D eigenvalue weighted by molar-refractivity contribution is -0.198. The molecule has 0 aliphatic heterocycles. The van der Waals surface area contributed by atoms with E-state index in [0.717, 1.165) is 6.42 Å². The molecule has 1 aliphatic carbocycles. The molecular weight excluding hydrogens is 338 g/mol. The Labute approximate surface area is 151 Å². The molecule has 6 nitrogen and oxygen atoms in total. The van der Waals surface area contributed by atoms with Crippen molar-refractivity contribution >= 4 is 29.0 Å². The van der Waals surface area contributed by atoms with Gasteiger partial charge in [0.15, 0.2) is 4.77 Å². The Morgan fingerprint density at radius 1 is 1.32 bits per heavy atom. The largest absolute Gasteiger partial charge is 0.378 e. The molecule has 1 heterocycles. The molecule has 0 saturated heterocycles. The van der Waals surface area contributed by atoms with Gasteiger partial charge in [-0.15, -0.1) is 0 Å². The van der Waals surface area contributed by atoms with Crippen molar-refractivity contribution in [3.63, 3.8) is 0 Å². The second-order valence-electron chi connectivity index (χ2n) is 7.46. The maximum absolute atomic E-state index is 12.9. The molecule has 134 valence electrons. The lowest BCUT2D eigenvalue weighted by atomic mass is 9.55. The van der Waals surface area contributed by atoms with Gasteiger partial charge in [-0.1, -0.05) is 13.8 Å². The fraction of sp³-hybridized carbons (Fsp3) is 0.500. The van der Waals surface area contributed by atoms with Crippen molar-refractivity contribution in [2.24, 2.45) is 5.41 Å². The van der Waals surface area contributed by atoms with Crippen LogP contribution in [0.1, 0.15) is 37.6 Å². The van der Waals surface area contributed by atoms with E-state index in [0.29, 0.717) is 16.5 Å². The Kier molecular flexibility index (Phi) is 4.12. The molecule has 0 radical (unpaired) electrons. The zero-order valence-electron chi connectivity index (χ0n) is 15.1. The van der Waals surface area contributed by atoms with Crippen LogP contribution in [0.5, 0.6) is 0 Å². The number of nitrogens with one attached hydrogen (secondary N) is 2. The van der Waals surface area contributed by atoms with Crippen LogP contribution in [0, 0.1) is 10.2 Å². The monoisotopic (exact) mass is 361 g/mol. The quantitative estimate of drug-likeness (QED) is 0.824. The number of rotatable bonds is 3. The topological polar surface area (TPSA) is 78.2 Å². The molecule has 1 aromatic heterocycles. The highest BCUT2D eigenvalue weighted by atomic mass is 32.1. The third-order valence-electron chi connectivity index (χ3n) is 6.00. The lowest BCUT2D eigenvalue weighted by Gasteiger charge is -2.61. The Balaban J connectivity index is 1.92. The maximum Gasteiger partial charge on any atom is 0.259 e. The second kappa shape index (κ2) is 5.78. The number of H-pyrrole nitrogens is 2. The van der Waals surface area contributed by atoms with Crippen LogP contribution < -0.4 is 5.56 Å². The van der Waals surface area contributed by atoms with E-state index >= 15 is 0 Å². The van der Waals surface area contributed by atoms with Crippen LogP contribution in [0.2, 0.25) is 0 Å². The smallest absolute Gasteiger partial charge is 0.259 e. The van der Waals surface area contributed by atoms with E-state index in [9.17, 15) is 9.59 Å². The fourth-order valence-corrected chi connectivity index (χ4v) is 3.93. The van der Waals surface area contributed by atoms with Crippen molar-refractivity contribution < 1.29 is 9.53 Å². The maximum atomic E-state index is 12.9. The van der Waals surface area contributed by atoms with Crippen LogP contribution in [0.4, 0.5) is 0 Å². The van der Waals surface area contributed by atoms with Crippen molar-refractivity contribution in [1.29, 1.82) is 0 Å². The average molecular weight is 361 g/mol. The summed E-state index contributed by atoms with van der Waals surface area (Å²) in [5, 5.41) is 0.476. The molecule has 7 heteroatoms. The number of methoxy groups -OCH3 is 1. The number of carbonyl (C=O) groups is 1. The molecule has 3 rings (SSSR count). The van der Waals surface area contributed by atoms with E-state index in [4.69, 9.17) is 17.0 Å². The number of aromatic nitrogens is 2. The predicted octanol–water partition coefficient (Wildman–Crippen LogP) is 2.86. The first kappa shape index (κ1) is 17.8. The van der Waals surface area contributed by atoms with E-state index in [-0.39, 0.29) is 33.3 Å². The van der Waals surface area contributed by atoms with E-state index < -0.39 is 0 Å². The van der Waals surface area contributed by atoms with E-state index in [1.165, 1.54) is 0 Å². The van der Waals surface area contributed by atoms with Gasteiger partial charge in [0, 0.05) is 31.2 Å². The van der Waals surface area contributed by atoms with Gasteiger partial charge >= 0.3 is 0 Å². The minimum atomic E-state index is -0.262. The standard InChI is InChI=1S/C18H23N3O3S/c1-17(2)13(9-18(17,3)24-5)21(4)15(23)10-6-7-11-12(8-10)19-16(25)20-14(11)22/h6-8,13H,9H2,1-5H3,(H2,19,20,22,25). The SMILES string of the molecule is COC1(C)CC(N(C)C(=O)c2ccc3c(=O)[nH]c(=S)[nH]c3c2)C1(C)C. The van der Waals surface area contributed by atoms with Gasteiger partial charge in [0.2, 0.25) is 0 Å². The number of hydrogen-bond donors (Lipinski definition) is 2. The summed E-state index contributed by atoms with van der Waals surface area (Å²) in [5.41, 5.74) is 0.422. The number of ether oxygens (including phenoxy) is 1. The zero-order chi connectivity index (χ0) is 18.6. The van der Waals surface area contributed by atoms with Crippen LogP contribution in [0.25, 0.3) is 10.9 Å².